The number of nitrogens with zero attached hydrogens (tertiary/aromatic N) is 1. The van der Waals surface area contributed by atoms with Gasteiger partial charge in [0.1, 0.15) is 5.60 Å². The highest BCUT2D eigenvalue weighted by Crippen LogP contribution is 2.38. The van der Waals surface area contributed by atoms with Gasteiger partial charge in [-0.3, -0.25) is 4.98 Å². The number of rotatable bonds is 7. The van der Waals surface area contributed by atoms with Gasteiger partial charge in [-0.2, -0.15) is 13.2 Å². The van der Waals surface area contributed by atoms with E-state index in [0.717, 1.165) is 30.5 Å². The van der Waals surface area contributed by atoms with Crippen LogP contribution in [0.1, 0.15) is 37.8 Å². The van der Waals surface area contributed by atoms with Gasteiger partial charge in [0.25, 0.3) is 0 Å². The average molecular weight is 369 g/mol. The molecule has 2 rings (SSSR count). The minimum Gasteiger partial charge on any atom is -0.384 e. The number of pyridine rings is 1. The molecule has 1 aromatic heterocycles. The van der Waals surface area contributed by atoms with Crippen LogP contribution in [0, 0.1) is 5.92 Å². The van der Waals surface area contributed by atoms with Gasteiger partial charge in [0.15, 0.2) is 0 Å². The van der Waals surface area contributed by atoms with E-state index in [1.165, 1.54) is 23.9 Å². The summed E-state index contributed by atoms with van der Waals surface area (Å²) in [6.07, 6.45) is 0.750. The fraction of sp³-hybridized carbons (Fsp3) is 0.421. The minimum atomic E-state index is -4.34. The Balaban J connectivity index is 2.18. The molecule has 2 aromatic rings. The molecule has 2 atom stereocenters. The Morgan fingerprint density at radius 1 is 1.12 bits per heavy atom. The van der Waals surface area contributed by atoms with Crippen molar-refractivity contribution in [2.24, 2.45) is 5.92 Å². The lowest BCUT2D eigenvalue weighted by molar-refractivity contribution is -0.137. The van der Waals surface area contributed by atoms with Crippen molar-refractivity contribution < 1.29 is 18.3 Å². The first-order chi connectivity index (χ1) is 11.8. The first-order valence-corrected chi connectivity index (χ1v) is 9.19. The number of alkyl halides is 3. The molecule has 0 radical (unpaired) electrons. The molecule has 136 valence electrons. The van der Waals surface area contributed by atoms with Crippen LogP contribution in [0.4, 0.5) is 13.2 Å². The predicted molar refractivity (Wildman–Crippen MR) is 94.4 cm³/mol. The summed E-state index contributed by atoms with van der Waals surface area (Å²) in [5.74, 6) is 0.356. The smallest absolute Gasteiger partial charge is 0.384 e. The molecule has 1 aromatic carbocycles. The van der Waals surface area contributed by atoms with Gasteiger partial charge in [-0.15, -0.1) is 11.8 Å². The van der Waals surface area contributed by atoms with Gasteiger partial charge in [-0.25, -0.2) is 0 Å². The normalized spacial score (nSPS) is 15.6. The molecule has 1 heterocycles. The number of benzene rings is 1. The van der Waals surface area contributed by atoms with Crippen molar-refractivity contribution in [3.63, 3.8) is 0 Å². The van der Waals surface area contributed by atoms with Gasteiger partial charge in [0.2, 0.25) is 0 Å². The topological polar surface area (TPSA) is 33.1 Å². The van der Waals surface area contributed by atoms with E-state index >= 15 is 0 Å². The highest BCUT2D eigenvalue weighted by Gasteiger charge is 2.35. The van der Waals surface area contributed by atoms with E-state index in [0.29, 0.717) is 10.6 Å². The van der Waals surface area contributed by atoms with Crippen LogP contribution in [0.2, 0.25) is 0 Å². The Morgan fingerprint density at radius 3 is 2.32 bits per heavy atom. The monoisotopic (exact) mass is 369 g/mol. The summed E-state index contributed by atoms with van der Waals surface area (Å²) in [7, 11) is 0. The largest absolute Gasteiger partial charge is 0.416 e. The van der Waals surface area contributed by atoms with Crippen LogP contribution >= 0.6 is 11.8 Å². The summed E-state index contributed by atoms with van der Waals surface area (Å²) >= 11 is 1.35. The Hall–Kier alpha value is -1.53. The molecule has 6 heteroatoms. The van der Waals surface area contributed by atoms with Crippen LogP contribution in [-0.2, 0) is 11.8 Å². The maximum Gasteiger partial charge on any atom is 0.416 e. The Labute approximate surface area is 150 Å². The van der Waals surface area contributed by atoms with E-state index in [4.69, 9.17) is 0 Å². The third-order valence-electron chi connectivity index (χ3n) is 4.34. The van der Waals surface area contributed by atoms with Crippen LogP contribution in [0.3, 0.4) is 0 Å². The lowest BCUT2D eigenvalue weighted by atomic mass is 9.82. The third kappa shape index (κ3) is 4.98. The molecule has 0 aliphatic rings. The SMILES string of the molecule is CCCC(C)C(O)(CSc1ccc(C(F)(F)F)cc1)c1cccnc1. The highest BCUT2D eigenvalue weighted by molar-refractivity contribution is 7.99. The number of aromatic nitrogens is 1. The molecule has 0 saturated heterocycles. The van der Waals surface area contributed by atoms with Crippen molar-refractivity contribution in [1.29, 1.82) is 0 Å². The van der Waals surface area contributed by atoms with Crippen molar-refractivity contribution >= 4 is 11.8 Å². The standard InChI is InChI=1S/C19H22F3NOS/c1-3-5-14(2)18(24,16-6-4-11-23-12-16)13-25-17-9-7-15(8-10-17)19(20,21)22/h4,6-12,14,24H,3,5,13H2,1-2H3. The zero-order chi connectivity index (χ0) is 18.5. The van der Waals surface area contributed by atoms with Gasteiger partial charge < -0.3 is 5.11 Å². The number of hydrogen-bond acceptors (Lipinski definition) is 3. The van der Waals surface area contributed by atoms with Crippen molar-refractivity contribution in [3.05, 3.63) is 59.9 Å². The van der Waals surface area contributed by atoms with E-state index in [-0.39, 0.29) is 5.92 Å². The second-order valence-electron chi connectivity index (χ2n) is 6.17. The lowest BCUT2D eigenvalue weighted by Gasteiger charge is -2.34. The minimum absolute atomic E-state index is 0.00338. The molecule has 0 saturated carbocycles. The number of aliphatic hydroxyl groups is 1. The third-order valence-corrected chi connectivity index (χ3v) is 5.53. The maximum absolute atomic E-state index is 12.7. The van der Waals surface area contributed by atoms with E-state index in [1.54, 1.807) is 18.5 Å². The van der Waals surface area contributed by atoms with Crippen LogP contribution in [0.15, 0.2) is 53.7 Å². The molecule has 2 nitrogen and oxygen atoms in total. The van der Waals surface area contributed by atoms with Gasteiger partial charge in [0.05, 0.1) is 5.56 Å². The van der Waals surface area contributed by atoms with E-state index in [9.17, 15) is 18.3 Å². The summed E-state index contributed by atoms with van der Waals surface area (Å²) in [5, 5.41) is 11.3. The zero-order valence-corrected chi connectivity index (χ0v) is 15.1. The summed E-state index contributed by atoms with van der Waals surface area (Å²) in [4.78, 5) is 4.79. The maximum atomic E-state index is 12.7. The summed E-state index contributed by atoms with van der Waals surface area (Å²) < 4.78 is 38.0. The molecule has 0 amide bonds. The summed E-state index contributed by atoms with van der Waals surface area (Å²) in [6, 6.07) is 8.65. The predicted octanol–water partition coefficient (Wildman–Crippen LogP) is 5.52. The number of thioether (sulfide) groups is 1. The Kier molecular flexibility index (Phi) is 6.52. The molecule has 1 N–H and O–H groups in total. The summed E-state index contributed by atoms with van der Waals surface area (Å²) in [5.41, 5.74) is -1.02. The molecule has 25 heavy (non-hydrogen) atoms. The Bertz CT molecular complexity index is 661. The fourth-order valence-corrected chi connectivity index (χ4v) is 3.90. The Morgan fingerprint density at radius 2 is 1.80 bits per heavy atom. The van der Waals surface area contributed by atoms with Crippen LogP contribution in [0.25, 0.3) is 0 Å². The lowest BCUT2D eigenvalue weighted by Crippen LogP contribution is -2.36. The first-order valence-electron chi connectivity index (χ1n) is 8.20. The van der Waals surface area contributed by atoms with Gasteiger partial charge in [0, 0.05) is 28.6 Å². The van der Waals surface area contributed by atoms with Gasteiger partial charge in [-0.1, -0.05) is 26.3 Å². The fourth-order valence-electron chi connectivity index (χ4n) is 2.73. The average Bonchev–Trinajstić information content (AvgIpc) is 2.60. The van der Waals surface area contributed by atoms with Crippen LogP contribution < -0.4 is 0 Å². The van der Waals surface area contributed by atoms with Gasteiger partial charge in [-0.05, 0) is 42.7 Å². The molecule has 2 unspecified atom stereocenters. The molecule has 0 spiro atoms. The quantitative estimate of drug-likeness (QED) is 0.653. The number of hydrogen-bond donors (Lipinski definition) is 1. The van der Waals surface area contributed by atoms with Crippen molar-refractivity contribution in [2.45, 2.75) is 43.4 Å². The van der Waals surface area contributed by atoms with E-state index < -0.39 is 17.3 Å². The van der Waals surface area contributed by atoms with Crippen molar-refractivity contribution in [3.8, 4) is 0 Å². The van der Waals surface area contributed by atoms with Crippen molar-refractivity contribution in [1.82, 2.24) is 4.98 Å². The van der Waals surface area contributed by atoms with Crippen LogP contribution in [0.5, 0.6) is 0 Å². The van der Waals surface area contributed by atoms with E-state index in [2.05, 4.69) is 11.9 Å². The summed E-state index contributed by atoms with van der Waals surface area (Å²) in [6.45, 7) is 4.05. The second-order valence-corrected chi connectivity index (χ2v) is 7.22. The number of halogens is 3. The molecule has 0 fully saturated rings. The van der Waals surface area contributed by atoms with E-state index in [1.807, 2.05) is 13.0 Å². The van der Waals surface area contributed by atoms with Gasteiger partial charge >= 0.3 is 6.18 Å². The second kappa shape index (κ2) is 8.23. The highest BCUT2D eigenvalue weighted by atomic mass is 32.2. The first kappa shape index (κ1) is 19.8. The van der Waals surface area contributed by atoms with Crippen molar-refractivity contribution in [2.75, 3.05) is 5.75 Å². The molecular weight excluding hydrogens is 347 g/mol. The molecule has 0 bridgehead atoms. The molecule has 0 aliphatic carbocycles. The van der Waals surface area contributed by atoms with Crippen LogP contribution in [-0.4, -0.2) is 15.8 Å². The zero-order valence-electron chi connectivity index (χ0n) is 14.3. The molecule has 0 aliphatic heterocycles. The molecular formula is C19H22F3NOS.